The molecule has 0 aliphatic rings. The van der Waals surface area contributed by atoms with Crippen molar-refractivity contribution in [2.24, 2.45) is 0 Å². The number of rotatable bonds is 3. The molecule has 0 spiro atoms. The first-order valence-corrected chi connectivity index (χ1v) is 4.83. The van der Waals surface area contributed by atoms with E-state index >= 15 is 0 Å². The quantitative estimate of drug-likeness (QED) is 0.733. The van der Waals surface area contributed by atoms with Crippen LogP contribution in [0.2, 0.25) is 0 Å². The lowest BCUT2D eigenvalue weighted by molar-refractivity contribution is 0.586. The Balaban J connectivity index is 2.73. The Hall–Kier alpha value is -0.340. The molecule has 1 unspecified atom stereocenters. The monoisotopic (exact) mass is 169 g/mol. The molecule has 0 aliphatic carbocycles. The van der Waals surface area contributed by atoms with Crippen LogP contribution in [0.5, 0.6) is 0 Å². The Bertz CT molecular complexity index is 213. The third-order valence-electron chi connectivity index (χ3n) is 1.86. The third-order valence-corrected chi connectivity index (χ3v) is 2.98. The second-order valence-electron chi connectivity index (χ2n) is 2.70. The molecule has 62 valence electrons. The average molecular weight is 169 g/mol. The van der Waals surface area contributed by atoms with Gasteiger partial charge < -0.3 is 5.32 Å². The highest BCUT2D eigenvalue weighted by Gasteiger charge is 2.07. The maximum Gasteiger partial charge on any atom is 0.0409 e. The van der Waals surface area contributed by atoms with Gasteiger partial charge >= 0.3 is 0 Å². The Morgan fingerprint density at radius 3 is 2.64 bits per heavy atom. The Labute approximate surface area is 72.4 Å². The van der Waals surface area contributed by atoms with Gasteiger partial charge in [-0.1, -0.05) is 6.92 Å². The normalized spacial score (nSPS) is 13.4. The number of thiophene rings is 1. The number of aryl methyl sites for hydroxylation is 1. The van der Waals surface area contributed by atoms with E-state index in [0.717, 1.165) is 6.42 Å². The van der Waals surface area contributed by atoms with Crippen molar-refractivity contribution in [2.75, 3.05) is 7.05 Å². The molecule has 0 saturated heterocycles. The predicted molar refractivity (Wildman–Crippen MR) is 51.1 cm³/mol. The summed E-state index contributed by atoms with van der Waals surface area (Å²) in [5.74, 6) is 0. The van der Waals surface area contributed by atoms with Gasteiger partial charge in [0.05, 0.1) is 0 Å². The fourth-order valence-electron chi connectivity index (χ4n) is 1.19. The number of nitrogens with one attached hydrogen (secondary N) is 1. The lowest BCUT2D eigenvalue weighted by Gasteiger charge is -2.10. The maximum atomic E-state index is 3.29. The molecule has 1 rings (SSSR count). The van der Waals surface area contributed by atoms with Gasteiger partial charge in [0.15, 0.2) is 0 Å². The molecule has 1 aromatic rings. The summed E-state index contributed by atoms with van der Waals surface area (Å²) in [6, 6.07) is 4.94. The summed E-state index contributed by atoms with van der Waals surface area (Å²) in [5.41, 5.74) is 0. The summed E-state index contributed by atoms with van der Waals surface area (Å²) in [7, 11) is 2.02. The van der Waals surface area contributed by atoms with E-state index in [1.54, 1.807) is 0 Å². The van der Waals surface area contributed by atoms with E-state index in [1.807, 2.05) is 18.4 Å². The second kappa shape index (κ2) is 3.88. The van der Waals surface area contributed by atoms with Crippen LogP contribution in [0.4, 0.5) is 0 Å². The van der Waals surface area contributed by atoms with Gasteiger partial charge in [-0.3, -0.25) is 0 Å². The van der Waals surface area contributed by atoms with E-state index in [2.05, 4.69) is 31.3 Å². The van der Waals surface area contributed by atoms with Gasteiger partial charge in [-0.25, -0.2) is 0 Å². The summed E-state index contributed by atoms with van der Waals surface area (Å²) in [4.78, 5) is 2.85. The number of hydrogen-bond donors (Lipinski definition) is 1. The van der Waals surface area contributed by atoms with E-state index in [9.17, 15) is 0 Å². The van der Waals surface area contributed by atoms with Gasteiger partial charge in [-0.15, -0.1) is 11.3 Å². The Morgan fingerprint density at radius 1 is 1.55 bits per heavy atom. The van der Waals surface area contributed by atoms with Gasteiger partial charge in [0.1, 0.15) is 0 Å². The minimum atomic E-state index is 0.550. The second-order valence-corrected chi connectivity index (χ2v) is 4.02. The van der Waals surface area contributed by atoms with Crippen LogP contribution >= 0.6 is 11.3 Å². The molecular formula is C9H15NS. The van der Waals surface area contributed by atoms with Crippen molar-refractivity contribution in [3.63, 3.8) is 0 Å². The molecule has 1 heterocycles. The topological polar surface area (TPSA) is 12.0 Å². The van der Waals surface area contributed by atoms with Crippen molar-refractivity contribution in [1.29, 1.82) is 0 Å². The van der Waals surface area contributed by atoms with Gasteiger partial charge in [0.2, 0.25) is 0 Å². The first-order chi connectivity index (χ1) is 5.27. The van der Waals surface area contributed by atoms with E-state index in [-0.39, 0.29) is 0 Å². The average Bonchev–Trinajstić information content (AvgIpc) is 2.39. The molecule has 2 heteroatoms. The van der Waals surface area contributed by atoms with Gasteiger partial charge in [0.25, 0.3) is 0 Å². The summed E-state index contributed by atoms with van der Waals surface area (Å²) < 4.78 is 0. The molecule has 1 aromatic heterocycles. The molecule has 0 aromatic carbocycles. The molecule has 0 radical (unpaired) electrons. The summed E-state index contributed by atoms with van der Waals surface area (Å²) in [5, 5.41) is 3.29. The van der Waals surface area contributed by atoms with Gasteiger partial charge in [-0.05, 0) is 32.5 Å². The minimum Gasteiger partial charge on any atom is -0.312 e. The molecule has 0 saturated carbocycles. The zero-order valence-corrected chi connectivity index (χ0v) is 8.16. The van der Waals surface area contributed by atoms with Gasteiger partial charge in [-0.2, -0.15) is 0 Å². The van der Waals surface area contributed by atoms with E-state index in [4.69, 9.17) is 0 Å². The maximum absolute atomic E-state index is 3.29. The highest BCUT2D eigenvalue weighted by molar-refractivity contribution is 7.12. The van der Waals surface area contributed by atoms with Crippen molar-refractivity contribution in [2.45, 2.75) is 26.3 Å². The van der Waals surface area contributed by atoms with Crippen LogP contribution in [-0.4, -0.2) is 7.05 Å². The Kier molecular flexibility index (Phi) is 3.09. The van der Waals surface area contributed by atoms with Crippen molar-refractivity contribution < 1.29 is 0 Å². The SMILES string of the molecule is CCC(NC)c1ccc(C)s1. The van der Waals surface area contributed by atoms with Crippen molar-refractivity contribution >= 4 is 11.3 Å². The largest absolute Gasteiger partial charge is 0.312 e. The zero-order valence-electron chi connectivity index (χ0n) is 7.35. The molecule has 1 atom stereocenters. The minimum absolute atomic E-state index is 0.550. The van der Waals surface area contributed by atoms with Crippen molar-refractivity contribution in [3.05, 3.63) is 21.9 Å². The fourth-order valence-corrected chi connectivity index (χ4v) is 2.26. The van der Waals surface area contributed by atoms with Crippen LogP contribution in [0.1, 0.15) is 29.1 Å². The van der Waals surface area contributed by atoms with E-state index in [0.29, 0.717) is 6.04 Å². The van der Waals surface area contributed by atoms with E-state index in [1.165, 1.54) is 9.75 Å². The molecule has 0 fully saturated rings. The molecule has 11 heavy (non-hydrogen) atoms. The standard InChI is InChI=1S/C9H15NS/c1-4-8(10-3)9-6-5-7(2)11-9/h5-6,8,10H,4H2,1-3H3. The van der Waals surface area contributed by atoms with Crippen LogP contribution in [0.15, 0.2) is 12.1 Å². The molecule has 1 nitrogen and oxygen atoms in total. The molecule has 1 N–H and O–H groups in total. The van der Waals surface area contributed by atoms with Crippen LogP contribution in [0, 0.1) is 6.92 Å². The third kappa shape index (κ3) is 2.04. The van der Waals surface area contributed by atoms with Crippen LogP contribution < -0.4 is 5.32 Å². The lowest BCUT2D eigenvalue weighted by atomic mass is 10.2. The van der Waals surface area contributed by atoms with Crippen molar-refractivity contribution in [3.8, 4) is 0 Å². The van der Waals surface area contributed by atoms with Crippen LogP contribution in [0.25, 0.3) is 0 Å². The number of hydrogen-bond acceptors (Lipinski definition) is 2. The highest BCUT2D eigenvalue weighted by atomic mass is 32.1. The summed E-state index contributed by atoms with van der Waals surface area (Å²) >= 11 is 1.88. The molecule has 0 aliphatic heterocycles. The fraction of sp³-hybridized carbons (Fsp3) is 0.556. The highest BCUT2D eigenvalue weighted by Crippen LogP contribution is 2.24. The molecule has 0 bridgehead atoms. The predicted octanol–water partition coefficient (Wildman–Crippen LogP) is 2.73. The van der Waals surface area contributed by atoms with Crippen molar-refractivity contribution in [1.82, 2.24) is 5.32 Å². The smallest absolute Gasteiger partial charge is 0.0409 e. The lowest BCUT2D eigenvalue weighted by Crippen LogP contribution is -2.13. The van der Waals surface area contributed by atoms with Crippen LogP contribution in [-0.2, 0) is 0 Å². The Morgan fingerprint density at radius 2 is 2.27 bits per heavy atom. The first kappa shape index (κ1) is 8.75. The summed E-state index contributed by atoms with van der Waals surface area (Å²) in [6.45, 7) is 4.35. The summed E-state index contributed by atoms with van der Waals surface area (Å²) in [6.07, 6.45) is 1.16. The van der Waals surface area contributed by atoms with E-state index < -0.39 is 0 Å². The first-order valence-electron chi connectivity index (χ1n) is 4.01. The zero-order chi connectivity index (χ0) is 8.27. The molecular weight excluding hydrogens is 154 g/mol. The molecule has 0 amide bonds. The van der Waals surface area contributed by atoms with Gasteiger partial charge in [0, 0.05) is 15.8 Å². The van der Waals surface area contributed by atoms with Crippen LogP contribution in [0.3, 0.4) is 0 Å².